The van der Waals surface area contributed by atoms with Crippen LogP contribution in [0.5, 0.6) is 0 Å². The van der Waals surface area contributed by atoms with Gasteiger partial charge in [0.2, 0.25) is 0 Å². The smallest absolute Gasteiger partial charge is 0.277 e. The maximum Gasteiger partial charge on any atom is 0.277 e. The number of piperidine rings is 1. The molecule has 6 heteroatoms. The van der Waals surface area contributed by atoms with Crippen molar-refractivity contribution in [3.8, 4) is 0 Å². The van der Waals surface area contributed by atoms with Crippen molar-refractivity contribution in [2.75, 3.05) is 6.54 Å². The molecule has 0 aromatic heterocycles. The van der Waals surface area contributed by atoms with Gasteiger partial charge in [-0.15, -0.1) is 0 Å². The van der Waals surface area contributed by atoms with Crippen LogP contribution in [-0.4, -0.2) is 36.5 Å². The maximum atomic E-state index is 11.5. The van der Waals surface area contributed by atoms with Crippen LogP contribution in [0, 0.1) is 5.92 Å². The molecule has 1 heterocycles. The molecular weight excluding hydrogens is 228 g/mol. The van der Waals surface area contributed by atoms with Crippen LogP contribution in [0.15, 0.2) is 0 Å². The molecule has 2 rings (SSSR count). The SMILES string of the molecule is NS(=O)(=O)N1CCCCC1C1CCCC1O. The van der Waals surface area contributed by atoms with Crippen LogP contribution in [0.2, 0.25) is 0 Å². The molecule has 0 spiro atoms. The molecule has 94 valence electrons. The van der Waals surface area contributed by atoms with E-state index in [1.165, 1.54) is 4.31 Å². The molecule has 0 radical (unpaired) electrons. The van der Waals surface area contributed by atoms with Gasteiger partial charge < -0.3 is 5.11 Å². The van der Waals surface area contributed by atoms with E-state index in [9.17, 15) is 13.5 Å². The number of hydrogen-bond donors (Lipinski definition) is 2. The zero-order valence-electron chi connectivity index (χ0n) is 9.38. The molecule has 3 atom stereocenters. The highest BCUT2D eigenvalue weighted by Gasteiger charge is 2.40. The topological polar surface area (TPSA) is 83.6 Å². The van der Waals surface area contributed by atoms with Gasteiger partial charge in [0.25, 0.3) is 10.2 Å². The third-order valence-corrected chi connectivity index (χ3v) is 4.96. The van der Waals surface area contributed by atoms with Gasteiger partial charge in [-0.25, -0.2) is 5.14 Å². The predicted molar refractivity (Wildman–Crippen MR) is 60.8 cm³/mol. The molecule has 0 amide bonds. The summed E-state index contributed by atoms with van der Waals surface area (Å²) in [6, 6.07) is -0.0822. The average molecular weight is 248 g/mol. The lowest BCUT2D eigenvalue weighted by atomic mass is 9.89. The highest BCUT2D eigenvalue weighted by Crippen LogP contribution is 2.35. The molecular formula is C10H20N2O3S. The fraction of sp³-hybridized carbons (Fsp3) is 1.00. The van der Waals surface area contributed by atoms with Crippen LogP contribution in [0.4, 0.5) is 0 Å². The Hall–Kier alpha value is -0.170. The standard InChI is InChI=1S/C10H20N2O3S/c11-16(14,15)12-7-2-1-5-9(12)8-4-3-6-10(8)13/h8-10,13H,1-7H2,(H2,11,14,15). The molecule has 5 nitrogen and oxygen atoms in total. The fourth-order valence-electron chi connectivity index (χ4n) is 3.09. The van der Waals surface area contributed by atoms with Crippen molar-refractivity contribution in [3.05, 3.63) is 0 Å². The first-order valence-electron chi connectivity index (χ1n) is 5.98. The second-order valence-electron chi connectivity index (χ2n) is 4.88. The largest absolute Gasteiger partial charge is 0.393 e. The number of nitrogens with two attached hydrogens (primary N) is 1. The van der Waals surface area contributed by atoms with E-state index in [1.807, 2.05) is 0 Å². The lowest BCUT2D eigenvalue weighted by Crippen LogP contribution is -2.51. The minimum Gasteiger partial charge on any atom is -0.393 e. The first-order valence-corrected chi connectivity index (χ1v) is 7.48. The zero-order valence-corrected chi connectivity index (χ0v) is 10.2. The Morgan fingerprint density at radius 3 is 2.44 bits per heavy atom. The second-order valence-corrected chi connectivity index (χ2v) is 6.38. The average Bonchev–Trinajstić information content (AvgIpc) is 2.63. The molecule has 1 aliphatic carbocycles. The summed E-state index contributed by atoms with van der Waals surface area (Å²) in [5.74, 6) is 0.0821. The second kappa shape index (κ2) is 4.60. The Balaban J connectivity index is 2.16. The molecule has 1 saturated heterocycles. The van der Waals surface area contributed by atoms with Crippen LogP contribution in [0.1, 0.15) is 38.5 Å². The van der Waals surface area contributed by atoms with Crippen molar-refractivity contribution in [3.63, 3.8) is 0 Å². The van der Waals surface area contributed by atoms with Crippen molar-refractivity contribution in [1.29, 1.82) is 0 Å². The quantitative estimate of drug-likeness (QED) is 0.732. The van der Waals surface area contributed by atoms with Gasteiger partial charge in [-0.3, -0.25) is 0 Å². The van der Waals surface area contributed by atoms with Crippen molar-refractivity contribution < 1.29 is 13.5 Å². The van der Waals surface area contributed by atoms with E-state index >= 15 is 0 Å². The highest BCUT2D eigenvalue weighted by molar-refractivity contribution is 7.86. The summed E-state index contributed by atoms with van der Waals surface area (Å²) in [4.78, 5) is 0. The van der Waals surface area contributed by atoms with Crippen LogP contribution in [-0.2, 0) is 10.2 Å². The van der Waals surface area contributed by atoms with Crippen LogP contribution >= 0.6 is 0 Å². The Labute approximate surface area is 96.8 Å². The zero-order chi connectivity index (χ0) is 11.8. The van der Waals surface area contributed by atoms with Gasteiger partial charge in [0.1, 0.15) is 0 Å². The van der Waals surface area contributed by atoms with E-state index in [0.717, 1.165) is 38.5 Å². The van der Waals surface area contributed by atoms with E-state index in [2.05, 4.69) is 0 Å². The van der Waals surface area contributed by atoms with E-state index in [0.29, 0.717) is 6.54 Å². The molecule has 1 aliphatic heterocycles. The van der Waals surface area contributed by atoms with Crippen LogP contribution < -0.4 is 5.14 Å². The van der Waals surface area contributed by atoms with Crippen molar-refractivity contribution in [2.24, 2.45) is 11.1 Å². The molecule has 2 aliphatic rings. The van der Waals surface area contributed by atoms with Gasteiger partial charge in [-0.05, 0) is 25.7 Å². The van der Waals surface area contributed by atoms with Gasteiger partial charge in [0, 0.05) is 18.5 Å². The monoisotopic (exact) mass is 248 g/mol. The Morgan fingerprint density at radius 2 is 1.88 bits per heavy atom. The number of hydrogen-bond acceptors (Lipinski definition) is 3. The molecule has 2 fully saturated rings. The van der Waals surface area contributed by atoms with Crippen LogP contribution in [0.3, 0.4) is 0 Å². The predicted octanol–water partition coefficient (Wildman–Crippen LogP) is 0.205. The van der Waals surface area contributed by atoms with Gasteiger partial charge in [-0.2, -0.15) is 12.7 Å². The van der Waals surface area contributed by atoms with Crippen molar-refractivity contribution in [1.82, 2.24) is 4.31 Å². The molecule has 16 heavy (non-hydrogen) atoms. The lowest BCUT2D eigenvalue weighted by Gasteiger charge is -2.38. The van der Waals surface area contributed by atoms with Gasteiger partial charge in [0.15, 0.2) is 0 Å². The first kappa shape index (κ1) is 12.3. The van der Waals surface area contributed by atoms with Crippen molar-refractivity contribution in [2.45, 2.75) is 50.7 Å². The molecule has 0 bridgehead atoms. The van der Waals surface area contributed by atoms with Crippen molar-refractivity contribution >= 4 is 10.2 Å². The molecule has 0 aromatic carbocycles. The maximum absolute atomic E-state index is 11.5. The fourth-order valence-corrected chi connectivity index (χ4v) is 4.12. The Kier molecular flexibility index (Phi) is 3.53. The molecule has 3 unspecified atom stereocenters. The number of nitrogens with zero attached hydrogens (tertiary/aromatic N) is 1. The van der Waals surface area contributed by atoms with Crippen LogP contribution in [0.25, 0.3) is 0 Å². The molecule has 0 aromatic rings. The Bertz CT molecular complexity index is 344. The third kappa shape index (κ3) is 2.40. The molecule has 1 saturated carbocycles. The summed E-state index contributed by atoms with van der Waals surface area (Å²) in [6.45, 7) is 0.507. The summed E-state index contributed by atoms with van der Waals surface area (Å²) in [5, 5.41) is 15.1. The number of aliphatic hydroxyl groups excluding tert-OH is 1. The summed E-state index contributed by atoms with van der Waals surface area (Å²) in [5.41, 5.74) is 0. The van der Waals surface area contributed by atoms with Gasteiger partial charge in [0.05, 0.1) is 6.10 Å². The first-order chi connectivity index (χ1) is 7.50. The number of aliphatic hydroxyl groups is 1. The van der Waals surface area contributed by atoms with E-state index in [4.69, 9.17) is 5.14 Å². The van der Waals surface area contributed by atoms with Gasteiger partial charge >= 0.3 is 0 Å². The van der Waals surface area contributed by atoms with Gasteiger partial charge in [-0.1, -0.05) is 12.8 Å². The summed E-state index contributed by atoms with van der Waals surface area (Å²) in [6.07, 6.45) is 5.07. The van der Waals surface area contributed by atoms with E-state index in [-0.39, 0.29) is 18.1 Å². The minimum absolute atomic E-state index is 0.0821. The molecule has 3 N–H and O–H groups in total. The number of rotatable bonds is 2. The van der Waals surface area contributed by atoms with E-state index < -0.39 is 10.2 Å². The normalized spacial score (nSPS) is 37.8. The highest BCUT2D eigenvalue weighted by atomic mass is 32.2. The van der Waals surface area contributed by atoms with E-state index in [1.54, 1.807) is 0 Å². The third-order valence-electron chi connectivity index (χ3n) is 3.85. The summed E-state index contributed by atoms with van der Waals surface area (Å²) < 4.78 is 24.4. The minimum atomic E-state index is -3.61. The lowest BCUT2D eigenvalue weighted by molar-refractivity contribution is 0.0724. The summed E-state index contributed by atoms with van der Waals surface area (Å²) in [7, 11) is -3.61. The summed E-state index contributed by atoms with van der Waals surface area (Å²) >= 11 is 0. The Morgan fingerprint density at radius 1 is 1.12 bits per heavy atom.